The van der Waals surface area contributed by atoms with Gasteiger partial charge in [0.2, 0.25) is 0 Å². The van der Waals surface area contributed by atoms with Crippen molar-refractivity contribution in [3.63, 3.8) is 0 Å². The fourth-order valence-electron chi connectivity index (χ4n) is 11.3. The Morgan fingerprint density at radius 3 is 2.21 bits per heavy atom. The highest BCUT2D eigenvalue weighted by molar-refractivity contribution is 5.85. The number of ketones is 1. The van der Waals surface area contributed by atoms with E-state index >= 15 is 0 Å². The number of fused-ring (bicyclic) bond motifs is 7. The van der Waals surface area contributed by atoms with Crippen LogP contribution in [0.15, 0.2) is 12.2 Å². The van der Waals surface area contributed by atoms with Crippen molar-refractivity contribution in [2.45, 2.75) is 106 Å². The van der Waals surface area contributed by atoms with Crippen LogP contribution in [0.25, 0.3) is 0 Å². The van der Waals surface area contributed by atoms with E-state index in [2.05, 4.69) is 48.1 Å². The van der Waals surface area contributed by atoms with E-state index in [4.69, 9.17) is 0 Å². The molecule has 0 aromatic carbocycles. The summed E-state index contributed by atoms with van der Waals surface area (Å²) in [5.41, 5.74) is 1.03. The molecule has 5 rings (SSSR count). The molecule has 33 heavy (non-hydrogen) atoms. The molecule has 1 unspecified atom stereocenters. The van der Waals surface area contributed by atoms with Crippen LogP contribution in [0.4, 0.5) is 0 Å². The monoisotopic (exact) mass is 454 g/mol. The number of carboxylic acids is 1. The molecule has 3 nitrogen and oxygen atoms in total. The zero-order valence-electron chi connectivity index (χ0n) is 21.9. The molecule has 1 N–H and O–H groups in total. The maximum absolute atomic E-state index is 12.9. The van der Waals surface area contributed by atoms with Gasteiger partial charge in [-0.2, -0.15) is 0 Å². The maximum atomic E-state index is 12.9. The van der Waals surface area contributed by atoms with Crippen LogP contribution < -0.4 is 0 Å². The van der Waals surface area contributed by atoms with Gasteiger partial charge < -0.3 is 5.11 Å². The number of carbonyl (C=O) groups excluding carboxylic acids is 1. The molecular formula is C30H46O3. The van der Waals surface area contributed by atoms with E-state index in [1.54, 1.807) is 0 Å². The van der Waals surface area contributed by atoms with Crippen LogP contribution >= 0.6 is 0 Å². The normalized spacial score (nSPS) is 52.8. The highest BCUT2D eigenvalue weighted by atomic mass is 16.4. The second-order valence-corrected chi connectivity index (χ2v) is 14.3. The van der Waals surface area contributed by atoms with Crippen molar-refractivity contribution >= 4 is 11.8 Å². The van der Waals surface area contributed by atoms with Crippen LogP contribution in [0.2, 0.25) is 0 Å². The van der Waals surface area contributed by atoms with Crippen LogP contribution in [-0.2, 0) is 9.59 Å². The Kier molecular flexibility index (Phi) is 4.99. The summed E-state index contributed by atoms with van der Waals surface area (Å²) in [6, 6.07) is 0. The molecular weight excluding hydrogens is 408 g/mol. The maximum Gasteiger partial charge on any atom is 0.309 e. The van der Waals surface area contributed by atoms with Crippen LogP contribution in [0.3, 0.4) is 0 Å². The van der Waals surface area contributed by atoms with Gasteiger partial charge in [0.05, 0.1) is 5.41 Å². The lowest BCUT2D eigenvalue weighted by molar-refractivity contribution is -0.235. The van der Waals surface area contributed by atoms with E-state index in [1.165, 1.54) is 18.4 Å². The fraction of sp³-hybridized carbons (Fsp3) is 0.867. The summed E-state index contributed by atoms with van der Waals surface area (Å²) < 4.78 is 0. The summed E-state index contributed by atoms with van der Waals surface area (Å²) in [5, 5.41) is 10.5. The van der Waals surface area contributed by atoms with Gasteiger partial charge in [0.15, 0.2) is 0 Å². The van der Waals surface area contributed by atoms with E-state index in [0.717, 1.165) is 51.4 Å². The Morgan fingerprint density at radius 1 is 0.879 bits per heavy atom. The van der Waals surface area contributed by atoms with Crippen LogP contribution in [-0.4, -0.2) is 16.9 Å². The minimum Gasteiger partial charge on any atom is -0.481 e. The van der Waals surface area contributed by atoms with E-state index in [1.807, 2.05) is 0 Å². The number of allylic oxidation sites excluding steroid dienone is 1. The molecule has 0 aliphatic heterocycles. The molecule has 3 heteroatoms. The minimum absolute atomic E-state index is 0.164. The van der Waals surface area contributed by atoms with E-state index in [-0.39, 0.29) is 27.6 Å². The zero-order chi connectivity index (χ0) is 24.2. The largest absolute Gasteiger partial charge is 0.481 e. The van der Waals surface area contributed by atoms with Crippen LogP contribution in [0.5, 0.6) is 0 Å². The van der Waals surface area contributed by atoms with E-state index < -0.39 is 11.4 Å². The number of carboxylic acid groups (broad SMARTS) is 1. The quantitative estimate of drug-likeness (QED) is 0.445. The third-order valence-electron chi connectivity index (χ3n) is 13.2. The van der Waals surface area contributed by atoms with Crippen molar-refractivity contribution in [1.29, 1.82) is 0 Å². The van der Waals surface area contributed by atoms with Gasteiger partial charge in [-0.15, -0.1) is 0 Å². The lowest BCUT2D eigenvalue weighted by Crippen LogP contribution is -2.66. The van der Waals surface area contributed by atoms with Crippen molar-refractivity contribution in [2.75, 3.05) is 0 Å². The summed E-state index contributed by atoms with van der Waals surface area (Å²) in [6.07, 6.45) is 10.1. The zero-order valence-corrected chi connectivity index (χ0v) is 21.9. The van der Waals surface area contributed by atoms with Gasteiger partial charge in [-0.1, -0.05) is 46.8 Å². The lowest BCUT2D eigenvalue weighted by Gasteiger charge is -2.72. The molecule has 5 aliphatic rings. The number of aliphatic carboxylic acids is 1. The van der Waals surface area contributed by atoms with Crippen molar-refractivity contribution in [1.82, 2.24) is 0 Å². The average Bonchev–Trinajstić information content (AvgIpc) is 3.13. The smallest absolute Gasteiger partial charge is 0.309 e. The molecule has 5 aliphatic carbocycles. The van der Waals surface area contributed by atoms with Gasteiger partial charge in [0.1, 0.15) is 5.78 Å². The predicted octanol–water partition coefficient (Wildman–Crippen LogP) is 7.30. The predicted molar refractivity (Wildman–Crippen MR) is 132 cm³/mol. The summed E-state index contributed by atoms with van der Waals surface area (Å²) in [6.45, 7) is 18.5. The molecule has 0 bridgehead atoms. The highest BCUT2D eigenvalue weighted by Gasteiger charge is 2.72. The SMILES string of the molecule is C=C(C)[C@@H]1CC[C@]2(C(=O)O)CC[C@]3(C)[C@H](CC[C@@H]4[C@@]5(C)CCC(=O)C(C)(C)[C@@H]5CC[C@]43C)C12. The summed E-state index contributed by atoms with van der Waals surface area (Å²) in [7, 11) is 0. The van der Waals surface area contributed by atoms with Crippen molar-refractivity contribution < 1.29 is 14.7 Å². The van der Waals surface area contributed by atoms with Gasteiger partial charge in [0, 0.05) is 11.8 Å². The molecule has 9 atom stereocenters. The average molecular weight is 455 g/mol. The first-order chi connectivity index (χ1) is 15.3. The highest BCUT2D eigenvalue weighted by Crippen LogP contribution is 2.77. The summed E-state index contributed by atoms with van der Waals surface area (Å²) in [5.74, 6) is 2.07. The van der Waals surface area contributed by atoms with Gasteiger partial charge in [-0.3, -0.25) is 9.59 Å². The molecule has 0 heterocycles. The second kappa shape index (κ2) is 6.97. The first kappa shape index (κ1) is 23.6. The van der Waals surface area contributed by atoms with E-state index in [9.17, 15) is 14.7 Å². The molecule has 0 saturated heterocycles. The van der Waals surface area contributed by atoms with E-state index in [0.29, 0.717) is 29.5 Å². The van der Waals surface area contributed by atoms with Gasteiger partial charge >= 0.3 is 5.97 Å². The first-order valence-corrected chi connectivity index (χ1v) is 13.7. The third kappa shape index (κ3) is 2.69. The van der Waals surface area contributed by atoms with Crippen LogP contribution in [0, 0.1) is 56.7 Å². The van der Waals surface area contributed by atoms with Gasteiger partial charge in [0.25, 0.3) is 0 Å². The minimum atomic E-state index is -0.547. The Hall–Kier alpha value is -1.12. The molecule has 0 aromatic rings. The molecule has 184 valence electrons. The molecule has 0 radical (unpaired) electrons. The van der Waals surface area contributed by atoms with Crippen molar-refractivity contribution in [3.05, 3.63) is 12.2 Å². The van der Waals surface area contributed by atoms with Crippen molar-refractivity contribution in [3.8, 4) is 0 Å². The molecule has 5 fully saturated rings. The standard InChI is InChI=1S/C30H46O3/c1-18(2)19-10-15-30(25(32)33)17-16-28(6)20(24(19)30)8-9-22-27(5)13-12-23(31)26(3,4)21(27)11-14-29(22,28)7/h19-22,24H,1,8-17H2,2-7H3,(H,32,33)/t19-,20+,21-,22+,24?,27-,28+,29+,30-/m0/s1. The molecule has 0 spiro atoms. The second-order valence-electron chi connectivity index (χ2n) is 14.3. The number of hydrogen-bond donors (Lipinski definition) is 1. The molecule has 0 aromatic heterocycles. The number of carbonyl (C=O) groups is 2. The van der Waals surface area contributed by atoms with Crippen molar-refractivity contribution in [2.24, 2.45) is 56.7 Å². The summed E-state index contributed by atoms with van der Waals surface area (Å²) in [4.78, 5) is 25.7. The van der Waals surface area contributed by atoms with Gasteiger partial charge in [-0.05, 0) is 111 Å². The number of hydrogen-bond acceptors (Lipinski definition) is 2. The number of rotatable bonds is 2. The van der Waals surface area contributed by atoms with Crippen LogP contribution in [0.1, 0.15) is 106 Å². The Balaban J connectivity index is 1.57. The Bertz CT molecular complexity index is 902. The first-order valence-electron chi connectivity index (χ1n) is 13.7. The van der Waals surface area contributed by atoms with Gasteiger partial charge in [-0.25, -0.2) is 0 Å². The topological polar surface area (TPSA) is 54.4 Å². The third-order valence-corrected chi connectivity index (χ3v) is 13.2. The molecule has 5 saturated carbocycles. The Morgan fingerprint density at radius 2 is 1.58 bits per heavy atom. The molecule has 0 amide bonds. The Labute approximate surface area is 201 Å². The fourth-order valence-corrected chi connectivity index (χ4v) is 11.3. The number of Topliss-reactive ketones (excluding diaryl/α,β-unsaturated/α-hetero) is 1. The lowest BCUT2D eigenvalue weighted by atomic mass is 9.32. The summed E-state index contributed by atoms with van der Waals surface area (Å²) >= 11 is 0.